The second-order valence-corrected chi connectivity index (χ2v) is 11.8. The van der Waals surface area contributed by atoms with Crippen molar-refractivity contribution in [2.75, 3.05) is 20.7 Å². The summed E-state index contributed by atoms with van der Waals surface area (Å²) in [5.74, 6) is 0.244. The molecule has 0 saturated carbocycles. The Hall–Kier alpha value is -3.28. The summed E-state index contributed by atoms with van der Waals surface area (Å²) < 4.78 is 10.9. The number of aryl methyl sites for hydroxylation is 1. The molecule has 2 aromatic rings. The fourth-order valence-corrected chi connectivity index (χ4v) is 4.89. The lowest BCUT2D eigenvalue weighted by molar-refractivity contribution is -0.156. The molecule has 0 radical (unpaired) electrons. The van der Waals surface area contributed by atoms with E-state index in [2.05, 4.69) is 57.7 Å². The van der Waals surface area contributed by atoms with E-state index in [4.69, 9.17) is 9.47 Å². The molecule has 206 valence electrons. The predicted molar refractivity (Wildman–Crippen MR) is 153 cm³/mol. The second kappa shape index (κ2) is 12.1. The largest absolute Gasteiger partial charge is 0.476 e. The van der Waals surface area contributed by atoms with Gasteiger partial charge in [0.25, 0.3) is 0 Å². The molecule has 1 unspecified atom stereocenters. The molecule has 1 saturated heterocycles. The highest BCUT2D eigenvalue weighted by molar-refractivity contribution is 5.79. The first-order valence-electron chi connectivity index (χ1n) is 13.5. The molecule has 3 rings (SSSR count). The van der Waals surface area contributed by atoms with Crippen molar-refractivity contribution < 1.29 is 19.1 Å². The van der Waals surface area contributed by atoms with E-state index in [1.165, 1.54) is 18.2 Å². The van der Waals surface area contributed by atoms with Gasteiger partial charge in [-0.2, -0.15) is 0 Å². The van der Waals surface area contributed by atoms with Crippen molar-refractivity contribution in [3.8, 4) is 5.75 Å². The number of hydrogen-bond donors (Lipinski definition) is 0. The summed E-state index contributed by atoms with van der Waals surface area (Å²) in [7, 11) is 3.27. The number of rotatable bonds is 11. The standard InChI is InChI=1S/C32H44N2O4/c1-9-11-25-20-23(16-19-28(25)38-32(5,6)29(35)37-8)12-10-13-27-22-34(30(36)33(27)7)21-24-14-17-26(18-15-24)31(2,3)4/h9,14-20,27H,1,10-13,21-22H2,2-8H3. The molecule has 1 heterocycles. The van der Waals surface area contributed by atoms with Crippen LogP contribution in [-0.4, -0.2) is 54.1 Å². The molecule has 2 aromatic carbocycles. The molecule has 0 bridgehead atoms. The molecular formula is C32H44N2O4. The Labute approximate surface area is 228 Å². The molecule has 6 heteroatoms. The maximum Gasteiger partial charge on any atom is 0.349 e. The van der Waals surface area contributed by atoms with Gasteiger partial charge < -0.3 is 19.3 Å². The Morgan fingerprint density at radius 3 is 2.34 bits per heavy atom. The van der Waals surface area contributed by atoms with Gasteiger partial charge in [-0.3, -0.25) is 0 Å². The number of ether oxygens (including phenoxy) is 2. The number of carbonyl (C=O) groups excluding carboxylic acids is 2. The first-order valence-corrected chi connectivity index (χ1v) is 13.5. The number of nitrogens with zero attached hydrogens (tertiary/aromatic N) is 2. The number of methoxy groups -OCH3 is 1. The Morgan fingerprint density at radius 1 is 1.08 bits per heavy atom. The van der Waals surface area contributed by atoms with Crippen molar-refractivity contribution in [1.82, 2.24) is 9.80 Å². The zero-order valence-electron chi connectivity index (χ0n) is 24.2. The highest BCUT2D eigenvalue weighted by atomic mass is 16.6. The van der Waals surface area contributed by atoms with Gasteiger partial charge in [-0.15, -0.1) is 6.58 Å². The molecule has 0 N–H and O–H groups in total. The van der Waals surface area contributed by atoms with E-state index >= 15 is 0 Å². The SMILES string of the molecule is C=CCc1cc(CCCC2CN(Cc3ccc(C(C)(C)C)cc3)C(=O)N2C)ccc1OC(C)(C)C(=O)OC. The Bertz CT molecular complexity index is 1130. The lowest BCUT2D eigenvalue weighted by Gasteiger charge is -2.25. The normalized spacial score (nSPS) is 16.1. The quantitative estimate of drug-likeness (QED) is 0.258. The van der Waals surface area contributed by atoms with Gasteiger partial charge in [0.1, 0.15) is 5.75 Å². The lowest BCUT2D eigenvalue weighted by Crippen LogP contribution is -2.39. The number of esters is 1. The van der Waals surface area contributed by atoms with Crippen molar-refractivity contribution in [3.05, 3.63) is 77.4 Å². The van der Waals surface area contributed by atoms with Crippen LogP contribution in [0.5, 0.6) is 5.75 Å². The van der Waals surface area contributed by atoms with Crippen LogP contribution in [0, 0.1) is 0 Å². The third-order valence-corrected chi connectivity index (χ3v) is 7.28. The molecule has 1 fully saturated rings. The van der Waals surface area contributed by atoms with Gasteiger partial charge in [-0.25, -0.2) is 9.59 Å². The van der Waals surface area contributed by atoms with Gasteiger partial charge >= 0.3 is 12.0 Å². The molecule has 0 spiro atoms. The van der Waals surface area contributed by atoms with Crippen LogP contribution in [0.1, 0.15) is 69.7 Å². The van der Waals surface area contributed by atoms with Crippen LogP contribution < -0.4 is 4.74 Å². The maximum atomic E-state index is 12.9. The molecule has 1 aliphatic rings. The maximum absolute atomic E-state index is 12.9. The first-order chi connectivity index (χ1) is 17.9. The van der Waals surface area contributed by atoms with Gasteiger partial charge in [0.05, 0.1) is 13.2 Å². The number of likely N-dealkylation sites (N-methyl/N-ethyl adjacent to an activating group) is 1. The van der Waals surface area contributed by atoms with Gasteiger partial charge in [0.15, 0.2) is 5.60 Å². The number of benzene rings is 2. The van der Waals surface area contributed by atoms with E-state index in [0.29, 0.717) is 18.7 Å². The highest BCUT2D eigenvalue weighted by Crippen LogP contribution is 2.28. The Kier molecular flexibility index (Phi) is 9.29. The van der Waals surface area contributed by atoms with Gasteiger partial charge in [-0.05, 0) is 73.3 Å². The summed E-state index contributed by atoms with van der Waals surface area (Å²) in [6.45, 7) is 15.3. The van der Waals surface area contributed by atoms with Crippen molar-refractivity contribution in [2.24, 2.45) is 0 Å². The molecule has 1 aliphatic heterocycles. The van der Waals surface area contributed by atoms with Crippen LogP contribution in [0.4, 0.5) is 4.79 Å². The zero-order chi connectivity index (χ0) is 28.1. The van der Waals surface area contributed by atoms with Crippen molar-refractivity contribution in [3.63, 3.8) is 0 Å². The third kappa shape index (κ3) is 7.18. The van der Waals surface area contributed by atoms with Crippen LogP contribution >= 0.6 is 0 Å². The van der Waals surface area contributed by atoms with Crippen LogP contribution in [0.3, 0.4) is 0 Å². The van der Waals surface area contributed by atoms with Crippen LogP contribution in [0.25, 0.3) is 0 Å². The predicted octanol–water partition coefficient (Wildman–Crippen LogP) is 6.30. The fourth-order valence-electron chi connectivity index (χ4n) is 4.89. The van der Waals surface area contributed by atoms with E-state index in [1.54, 1.807) is 13.8 Å². The molecule has 2 amide bonds. The Balaban J connectivity index is 1.58. The minimum absolute atomic E-state index is 0.0953. The smallest absolute Gasteiger partial charge is 0.349 e. The molecule has 1 atom stereocenters. The molecule has 6 nitrogen and oxygen atoms in total. The topological polar surface area (TPSA) is 59.1 Å². The van der Waals surface area contributed by atoms with Crippen LogP contribution in [0.2, 0.25) is 0 Å². The fraction of sp³-hybridized carbons (Fsp3) is 0.500. The molecular weight excluding hydrogens is 476 g/mol. The van der Waals surface area contributed by atoms with Crippen LogP contribution in [-0.2, 0) is 34.3 Å². The average Bonchev–Trinajstić information content (AvgIpc) is 3.12. The summed E-state index contributed by atoms with van der Waals surface area (Å²) in [5, 5.41) is 0. The second-order valence-electron chi connectivity index (χ2n) is 11.8. The first kappa shape index (κ1) is 29.3. The number of allylic oxidation sites excluding steroid dienone is 1. The van der Waals surface area contributed by atoms with Crippen molar-refractivity contribution >= 4 is 12.0 Å². The summed E-state index contributed by atoms with van der Waals surface area (Å²) in [5.41, 5.74) is 3.69. The number of amides is 2. The molecule has 0 aromatic heterocycles. The summed E-state index contributed by atoms with van der Waals surface area (Å²) >= 11 is 0. The zero-order valence-corrected chi connectivity index (χ0v) is 24.2. The summed E-state index contributed by atoms with van der Waals surface area (Å²) in [4.78, 5) is 28.8. The van der Waals surface area contributed by atoms with Crippen molar-refractivity contribution in [2.45, 2.75) is 83.9 Å². The van der Waals surface area contributed by atoms with Gasteiger partial charge in [0.2, 0.25) is 0 Å². The lowest BCUT2D eigenvalue weighted by atomic mass is 9.87. The average molecular weight is 521 g/mol. The number of carbonyl (C=O) groups is 2. The molecule has 38 heavy (non-hydrogen) atoms. The minimum Gasteiger partial charge on any atom is -0.476 e. The molecule has 0 aliphatic carbocycles. The number of urea groups is 1. The number of hydrogen-bond acceptors (Lipinski definition) is 4. The third-order valence-electron chi connectivity index (χ3n) is 7.28. The van der Waals surface area contributed by atoms with E-state index in [0.717, 1.165) is 36.9 Å². The minimum atomic E-state index is -1.08. The van der Waals surface area contributed by atoms with E-state index in [1.807, 2.05) is 35.1 Å². The van der Waals surface area contributed by atoms with Gasteiger partial charge in [0, 0.05) is 20.1 Å². The highest BCUT2D eigenvalue weighted by Gasteiger charge is 2.34. The van der Waals surface area contributed by atoms with E-state index < -0.39 is 11.6 Å². The van der Waals surface area contributed by atoms with Gasteiger partial charge in [-0.1, -0.05) is 63.2 Å². The summed E-state index contributed by atoms with van der Waals surface area (Å²) in [6, 6.07) is 15.0. The van der Waals surface area contributed by atoms with Crippen LogP contribution in [0.15, 0.2) is 55.1 Å². The summed E-state index contributed by atoms with van der Waals surface area (Å²) in [6.07, 6.45) is 5.29. The van der Waals surface area contributed by atoms with E-state index in [-0.39, 0.29) is 17.5 Å². The van der Waals surface area contributed by atoms with E-state index in [9.17, 15) is 9.59 Å². The monoisotopic (exact) mass is 520 g/mol. The van der Waals surface area contributed by atoms with Crippen molar-refractivity contribution in [1.29, 1.82) is 0 Å². The Morgan fingerprint density at radius 2 is 1.74 bits per heavy atom.